The van der Waals surface area contributed by atoms with Crippen LogP contribution < -0.4 is 0 Å². The normalized spacial score (nSPS) is 13.7. The van der Waals surface area contributed by atoms with Gasteiger partial charge >= 0.3 is 5.97 Å². The van der Waals surface area contributed by atoms with E-state index in [9.17, 15) is 14.3 Å². The van der Waals surface area contributed by atoms with Gasteiger partial charge in [-0.2, -0.15) is 0 Å². The van der Waals surface area contributed by atoms with Crippen LogP contribution in [0.1, 0.15) is 58.3 Å². The van der Waals surface area contributed by atoms with Gasteiger partial charge in [0.1, 0.15) is 0 Å². The van der Waals surface area contributed by atoms with Crippen molar-refractivity contribution in [2.45, 2.75) is 58.3 Å². The summed E-state index contributed by atoms with van der Waals surface area (Å²) < 4.78 is 16.6. The second-order valence-electron chi connectivity index (χ2n) is 5.14. The fourth-order valence-electron chi connectivity index (χ4n) is 1.92. The van der Waals surface area contributed by atoms with E-state index in [1.165, 1.54) is 6.08 Å². The maximum Gasteiger partial charge on any atom is 0.330 e. The topological polar surface area (TPSA) is 63.6 Å². The quantitative estimate of drug-likeness (QED) is 0.240. The van der Waals surface area contributed by atoms with Crippen LogP contribution in [0.15, 0.2) is 12.7 Å². The fourth-order valence-corrected chi connectivity index (χ4v) is 3.67. The molecule has 1 unspecified atom stereocenters. The molecule has 0 aliphatic carbocycles. The molecule has 20 heavy (non-hydrogen) atoms. The monoisotopic (exact) mass is 304 g/mol. The summed E-state index contributed by atoms with van der Waals surface area (Å²) in [7, 11) is -2.86. The van der Waals surface area contributed by atoms with Gasteiger partial charge in [0.05, 0.1) is 6.61 Å². The Bertz CT molecular complexity index is 315. The van der Waals surface area contributed by atoms with E-state index in [2.05, 4.69) is 6.58 Å². The molecule has 118 valence electrons. The Labute approximate surface area is 123 Å². The van der Waals surface area contributed by atoms with Crippen LogP contribution in [0.5, 0.6) is 0 Å². The predicted octanol–water partition coefficient (Wildman–Crippen LogP) is 4.13. The van der Waals surface area contributed by atoms with Gasteiger partial charge in [-0.15, -0.1) is 0 Å². The van der Waals surface area contributed by atoms with E-state index in [4.69, 9.17) is 4.74 Å². The van der Waals surface area contributed by atoms with E-state index in [1.807, 2.05) is 6.92 Å². The lowest BCUT2D eigenvalue weighted by atomic mass is 10.1. The average Bonchev–Trinajstić information content (AvgIpc) is 2.43. The highest BCUT2D eigenvalue weighted by Crippen LogP contribution is 2.42. The number of hydrogen-bond donors (Lipinski definition) is 1. The van der Waals surface area contributed by atoms with Gasteiger partial charge in [-0.25, -0.2) is 4.79 Å². The van der Waals surface area contributed by atoms with Gasteiger partial charge in [0.2, 0.25) is 7.37 Å². The lowest BCUT2D eigenvalue weighted by Gasteiger charge is -2.10. The first-order chi connectivity index (χ1) is 9.52. The number of rotatable bonds is 13. The zero-order valence-corrected chi connectivity index (χ0v) is 13.6. The molecule has 0 saturated carbocycles. The summed E-state index contributed by atoms with van der Waals surface area (Å²) >= 11 is 0. The molecule has 0 spiro atoms. The predicted molar refractivity (Wildman–Crippen MR) is 83.3 cm³/mol. The molecule has 4 nitrogen and oxygen atoms in total. The van der Waals surface area contributed by atoms with Crippen LogP contribution in [-0.4, -0.2) is 29.8 Å². The zero-order chi connectivity index (χ0) is 15.3. The molecule has 5 heteroatoms. The Morgan fingerprint density at radius 2 is 1.65 bits per heavy atom. The van der Waals surface area contributed by atoms with Crippen molar-refractivity contribution in [1.82, 2.24) is 0 Å². The largest absolute Gasteiger partial charge is 0.463 e. The van der Waals surface area contributed by atoms with Crippen LogP contribution in [0.3, 0.4) is 0 Å². The van der Waals surface area contributed by atoms with Crippen molar-refractivity contribution in [1.29, 1.82) is 0 Å². The fraction of sp³-hybridized carbons (Fsp3) is 0.800. The van der Waals surface area contributed by atoms with Crippen molar-refractivity contribution >= 4 is 13.3 Å². The summed E-state index contributed by atoms with van der Waals surface area (Å²) in [6.45, 7) is 5.82. The Morgan fingerprint density at radius 3 is 2.25 bits per heavy atom. The van der Waals surface area contributed by atoms with Crippen molar-refractivity contribution in [3.8, 4) is 0 Å². The number of unbranched alkanes of at least 4 members (excludes halogenated alkanes) is 6. The number of esters is 1. The van der Waals surface area contributed by atoms with E-state index < -0.39 is 7.37 Å². The van der Waals surface area contributed by atoms with E-state index >= 15 is 0 Å². The van der Waals surface area contributed by atoms with Crippen molar-refractivity contribution in [3.63, 3.8) is 0 Å². The van der Waals surface area contributed by atoms with Crippen LogP contribution in [0, 0.1) is 0 Å². The zero-order valence-electron chi connectivity index (χ0n) is 12.7. The molecule has 0 aliphatic rings. The highest BCUT2D eigenvalue weighted by molar-refractivity contribution is 7.57. The van der Waals surface area contributed by atoms with Crippen molar-refractivity contribution in [2.75, 3.05) is 18.9 Å². The van der Waals surface area contributed by atoms with Crippen molar-refractivity contribution in [2.24, 2.45) is 0 Å². The standard InChI is InChI=1S/C15H29O4P/c1-3-5-13-20(17,18)14-11-9-7-6-8-10-12-19-15(16)4-2/h4H,2-3,5-14H2,1H3,(H,17,18). The van der Waals surface area contributed by atoms with E-state index in [-0.39, 0.29) is 5.97 Å². The molecular weight excluding hydrogens is 275 g/mol. The summed E-state index contributed by atoms with van der Waals surface area (Å²) in [6.07, 6.45) is 9.81. The number of carbonyl (C=O) groups is 1. The van der Waals surface area contributed by atoms with Crippen LogP contribution in [0.4, 0.5) is 0 Å². The van der Waals surface area contributed by atoms with Gasteiger partial charge in [0, 0.05) is 18.4 Å². The van der Waals surface area contributed by atoms with Crippen LogP contribution >= 0.6 is 7.37 Å². The third-order valence-corrected chi connectivity index (χ3v) is 5.20. The first-order valence-electron chi connectivity index (χ1n) is 7.62. The summed E-state index contributed by atoms with van der Waals surface area (Å²) in [4.78, 5) is 20.5. The van der Waals surface area contributed by atoms with Gasteiger partial charge in [-0.05, 0) is 19.3 Å². The molecule has 0 bridgehead atoms. The van der Waals surface area contributed by atoms with Crippen molar-refractivity contribution in [3.05, 3.63) is 12.7 Å². The van der Waals surface area contributed by atoms with Gasteiger partial charge < -0.3 is 9.63 Å². The Kier molecular flexibility index (Phi) is 11.8. The average molecular weight is 304 g/mol. The summed E-state index contributed by atoms with van der Waals surface area (Å²) in [5, 5.41) is 0. The molecule has 0 heterocycles. The minimum Gasteiger partial charge on any atom is -0.463 e. The SMILES string of the molecule is C=CC(=O)OCCCCCCCCP(=O)(O)CCCC. The molecule has 0 fully saturated rings. The molecule has 1 N–H and O–H groups in total. The van der Waals surface area contributed by atoms with Crippen LogP contribution in [0.2, 0.25) is 0 Å². The molecule has 0 saturated heterocycles. The highest BCUT2D eigenvalue weighted by Gasteiger charge is 2.15. The summed E-state index contributed by atoms with van der Waals surface area (Å²) in [5.74, 6) is -0.365. The van der Waals surface area contributed by atoms with Gasteiger partial charge in [0.25, 0.3) is 0 Å². The summed E-state index contributed by atoms with van der Waals surface area (Å²) in [5.41, 5.74) is 0. The third kappa shape index (κ3) is 12.4. The first kappa shape index (κ1) is 19.4. The molecule has 0 rings (SSSR count). The van der Waals surface area contributed by atoms with E-state index in [0.29, 0.717) is 18.9 Å². The smallest absolute Gasteiger partial charge is 0.330 e. The third-order valence-electron chi connectivity index (χ3n) is 3.17. The van der Waals surface area contributed by atoms with E-state index in [0.717, 1.165) is 51.4 Å². The Hall–Kier alpha value is -0.600. The number of carbonyl (C=O) groups excluding carboxylic acids is 1. The lowest BCUT2D eigenvalue weighted by molar-refractivity contribution is -0.137. The number of ether oxygens (including phenoxy) is 1. The molecular formula is C15H29O4P. The Balaban J connectivity index is 3.34. The van der Waals surface area contributed by atoms with Gasteiger partial charge in [-0.1, -0.05) is 45.6 Å². The maximum atomic E-state index is 11.7. The maximum absolute atomic E-state index is 11.7. The minimum absolute atomic E-state index is 0.365. The van der Waals surface area contributed by atoms with Crippen LogP contribution in [-0.2, 0) is 14.1 Å². The van der Waals surface area contributed by atoms with Gasteiger partial charge in [0.15, 0.2) is 0 Å². The summed E-state index contributed by atoms with van der Waals surface area (Å²) in [6, 6.07) is 0. The van der Waals surface area contributed by atoms with E-state index in [1.54, 1.807) is 0 Å². The minimum atomic E-state index is -2.86. The molecule has 0 aromatic carbocycles. The molecule has 0 amide bonds. The molecule has 1 atom stereocenters. The molecule has 0 radical (unpaired) electrons. The molecule has 0 aromatic rings. The molecule has 0 aliphatic heterocycles. The second kappa shape index (κ2) is 12.2. The first-order valence-corrected chi connectivity index (χ1v) is 9.65. The molecule has 0 aromatic heterocycles. The second-order valence-corrected chi connectivity index (χ2v) is 7.73. The number of hydrogen-bond acceptors (Lipinski definition) is 3. The Morgan fingerprint density at radius 1 is 1.10 bits per heavy atom. The van der Waals surface area contributed by atoms with Crippen LogP contribution in [0.25, 0.3) is 0 Å². The highest BCUT2D eigenvalue weighted by atomic mass is 31.2. The lowest BCUT2D eigenvalue weighted by Crippen LogP contribution is -2.01. The van der Waals surface area contributed by atoms with Gasteiger partial charge in [-0.3, -0.25) is 4.57 Å². The van der Waals surface area contributed by atoms with Crippen molar-refractivity contribution < 1.29 is 19.0 Å².